The molecule has 0 atom stereocenters. The maximum atomic E-state index is 13.1. The third-order valence-electron chi connectivity index (χ3n) is 4.14. The first-order valence-corrected chi connectivity index (χ1v) is 9.36. The molecule has 0 aliphatic carbocycles. The average Bonchev–Trinajstić information content (AvgIpc) is 2.75. The van der Waals surface area contributed by atoms with Crippen molar-refractivity contribution in [3.05, 3.63) is 47.5 Å². The molecule has 9 heteroatoms. The number of carbonyl (C=O) groups is 1. The molecule has 0 unspecified atom stereocenters. The van der Waals surface area contributed by atoms with Crippen LogP contribution < -0.4 is 24.3 Å². The van der Waals surface area contributed by atoms with Gasteiger partial charge in [-0.1, -0.05) is 6.92 Å². The second-order valence-electron chi connectivity index (χ2n) is 6.34. The van der Waals surface area contributed by atoms with Crippen molar-refractivity contribution in [2.75, 3.05) is 33.3 Å². The highest BCUT2D eigenvalue weighted by Crippen LogP contribution is 2.38. The van der Waals surface area contributed by atoms with E-state index in [0.29, 0.717) is 35.8 Å². The number of hydrogen-bond acceptors (Lipinski definition) is 5. The normalized spacial score (nSPS) is 11.3. The number of carbonyl (C=O) groups excluding carboxylic acids is 1. The third kappa shape index (κ3) is 6.31. The lowest BCUT2D eigenvalue weighted by Crippen LogP contribution is -2.12. The van der Waals surface area contributed by atoms with Gasteiger partial charge in [-0.05, 0) is 48.4 Å². The van der Waals surface area contributed by atoms with Crippen LogP contribution in [-0.4, -0.2) is 33.8 Å². The summed E-state index contributed by atoms with van der Waals surface area (Å²) in [6.07, 6.45) is -1.23. The number of amides is 1. The number of ether oxygens (including phenoxy) is 4. The largest absolute Gasteiger partial charge is 0.493 e. The molecule has 0 radical (unpaired) electrons. The summed E-state index contributed by atoms with van der Waals surface area (Å²) in [7, 11) is 4.39. The predicted molar refractivity (Wildman–Crippen MR) is 111 cm³/mol. The van der Waals surface area contributed by atoms with Gasteiger partial charge < -0.3 is 24.3 Å². The van der Waals surface area contributed by atoms with E-state index in [1.807, 2.05) is 6.92 Å². The monoisotopic (exact) mass is 439 g/mol. The van der Waals surface area contributed by atoms with Crippen molar-refractivity contribution in [1.82, 2.24) is 0 Å². The van der Waals surface area contributed by atoms with Crippen LogP contribution in [0.1, 0.15) is 24.5 Å². The van der Waals surface area contributed by atoms with Gasteiger partial charge >= 0.3 is 6.18 Å². The maximum Gasteiger partial charge on any atom is 0.416 e. The number of rotatable bonds is 9. The molecule has 0 spiro atoms. The van der Waals surface area contributed by atoms with Crippen molar-refractivity contribution in [3.8, 4) is 23.0 Å². The molecular formula is C22H24F3NO5. The lowest BCUT2D eigenvalue weighted by Gasteiger charge is -2.14. The topological polar surface area (TPSA) is 66.0 Å². The standard InChI is InChI=1S/C22H24F3NO5/c1-5-10-31-17-8-7-15(22(23,24)25)13-16(17)26-20(27)9-6-14-11-18(28-2)21(30-4)19(12-14)29-3/h6-9,11-13H,5,10H2,1-4H3,(H,26,27)/b9-6-. The van der Waals surface area contributed by atoms with E-state index in [0.717, 1.165) is 12.1 Å². The van der Waals surface area contributed by atoms with Crippen LogP contribution in [-0.2, 0) is 11.0 Å². The molecule has 1 amide bonds. The fourth-order valence-electron chi connectivity index (χ4n) is 2.69. The first kappa shape index (κ1) is 23.9. The second kappa shape index (κ2) is 10.6. The van der Waals surface area contributed by atoms with Gasteiger partial charge in [0.2, 0.25) is 11.7 Å². The van der Waals surface area contributed by atoms with E-state index < -0.39 is 17.6 Å². The Morgan fingerprint density at radius 2 is 1.65 bits per heavy atom. The van der Waals surface area contributed by atoms with Crippen LogP contribution in [0, 0.1) is 0 Å². The Kier molecular flexibility index (Phi) is 8.18. The Hall–Kier alpha value is -3.36. The molecule has 0 bridgehead atoms. The van der Waals surface area contributed by atoms with Crippen molar-refractivity contribution < 1.29 is 36.9 Å². The number of anilines is 1. The van der Waals surface area contributed by atoms with Gasteiger partial charge in [0.15, 0.2) is 11.5 Å². The zero-order valence-electron chi connectivity index (χ0n) is 17.6. The highest BCUT2D eigenvalue weighted by Gasteiger charge is 2.31. The summed E-state index contributed by atoms with van der Waals surface area (Å²) in [6.45, 7) is 2.16. The molecule has 6 nitrogen and oxygen atoms in total. The fourth-order valence-corrected chi connectivity index (χ4v) is 2.69. The molecular weight excluding hydrogens is 415 g/mol. The minimum Gasteiger partial charge on any atom is -0.493 e. The summed E-state index contributed by atoms with van der Waals surface area (Å²) in [6, 6.07) is 6.20. The summed E-state index contributed by atoms with van der Waals surface area (Å²) < 4.78 is 60.4. The van der Waals surface area contributed by atoms with Gasteiger partial charge in [0, 0.05) is 6.08 Å². The van der Waals surface area contributed by atoms with Gasteiger partial charge in [-0.25, -0.2) is 0 Å². The minimum atomic E-state index is -4.55. The molecule has 2 rings (SSSR count). The van der Waals surface area contributed by atoms with Gasteiger partial charge in [-0.2, -0.15) is 13.2 Å². The second-order valence-corrected chi connectivity index (χ2v) is 6.34. The van der Waals surface area contributed by atoms with Crippen molar-refractivity contribution in [2.45, 2.75) is 19.5 Å². The van der Waals surface area contributed by atoms with Crippen LogP contribution in [0.3, 0.4) is 0 Å². The van der Waals surface area contributed by atoms with Crippen LogP contribution in [0.25, 0.3) is 6.08 Å². The zero-order valence-corrected chi connectivity index (χ0v) is 17.6. The first-order valence-electron chi connectivity index (χ1n) is 9.36. The SMILES string of the molecule is CCCOc1ccc(C(F)(F)F)cc1NC(=O)/C=C\c1cc(OC)c(OC)c(OC)c1. The smallest absolute Gasteiger partial charge is 0.416 e. The highest BCUT2D eigenvalue weighted by atomic mass is 19.4. The molecule has 0 aromatic heterocycles. The molecule has 1 N–H and O–H groups in total. The number of benzene rings is 2. The quantitative estimate of drug-likeness (QED) is 0.546. The average molecular weight is 439 g/mol. The summed E-state index contributed by atoms with van der Waals surface area (Å²) in [5.41, 5.74) is -0.390. The van der Waals surface area contributed by atoms with E-state index in [-0.39, 0.29) is 11.4 Å². The Labute approximate surface area is 178 Å². The lowest BCUT2D eigenvalue weighted by atomic mass is 10.1. The fraction of sp³-hybridized carbons (Fsp3) is 0.318. The molecule has 2 aromatic rings. The maximum absolute atomic E-state index is 13.1. The Balaban J connectivity index is 2.28. The number of alkyl halides is 3. The molecule has 168 valence electrons. The number of hydrogen-bond donors (Lipinski definition) is 1. The van der Waals surface area contributed by atoms with Crippen LogP contribution >= 0.6 is 0 Å². The van der Waals surface area contributed by atoms with E-state index in [1.165, 1.54) is 39.5 Å². The van der Waals surface area contributed by atoms with Crippen LogP contribution in [0.4, 0.5) is 18.9 Å². The van der Waals surface area contributed by atoms with E-state index in [9.17, 15) is 18.0 Å². The highest BCUT2D eigenvalue weighted by molar-refractivity contribution is 6.03. The number of methoxy groups -OCH3 is 3. The van der Waals surface area contributed by atoms with Crippen molar-refractivity contribution >= 4 is 17.7 Å². The van der Waals surface area contributed by atoms with E-state index in [2.05, 4.69) is 5.32 Å². The van der Waals surface area contributed by atoms with E-state index in [4.69, 9.17) is 18.9 Å². The summed E-state index contributed by atoms with van der Waals surface area (Å²) in [5.74, 6) is 0.720. The molecule has 0 heterocycles. The van der Waals surface area contributed by atoms with Crippen molar-refractivity contribution in [2.24, 2.45) is 0 Å². The molecule has 0 aliphatic heterocycles. The van der Waals surface area contributed by atoms with Gasteiger partial charge in [0.05, 0.1) is 39.2 Å². The summed E-state index contributed by atoms with van der Waals surface area (Å²) >= 11 is 0. The first-order chi connectivity index (χ1) is 14.7. The Bertz CT molecular complexity index is 916. The number of nitrogens with one attached hydrogen (secondary N) is 1. The van der Waals surface area contributed by atoms with Crippen LogP contribution in [0.15, 0.2) is 36.4 Å². The predicted octanol–water partition coefficient (Wildman–Crippen LogP) is 5.17. The third-order valence-corrected chi connectivity index (χ3v) is 4.14. The Morgan fingerprint density at radius 3 is 2.16 bits per heavy atom. The Morgan fingerprint density at radius 1 is 1.00 bits per heavy atom. The van der Waals surface area contributed by atoms with E-state index >= 15 is 0 Å². The summed E-state index contributed by atoms with van der Waals surface area (Å²) in [5, 5.41) is 2.44. The van der Waals surface area contributed by atoms with Crippen LogP contribution in [0.5, 0.6) is 23.0 Å². The minimum absolute atomic E-state index is 0.0668. The molecule has 0 saturated carbocycles. The molecule has 0 fully saturated rings. The van der Waals surface area contributed by atoms with Gasteiger partial charge in [0.1, 0.15) is 5.75 Å². The van der Waals surface area contributed by atoms with Gasteiger partial charge in [0.25, 0.3) is 0 Å². The van der Waals surface area contributed by atoms with Gasteiger partial charge in [-0.15, -0.1) is 0 Å². The van der Waals surface area contributed by atoms with Crippen molar-refractivity contribution in [1.29, 1.82) is 0 Å². The zero-order chi connectivity index (χ0) is 23.0. The number of halogens is 3. The molecule has 0 saturated heterocycles. The summed E-state index contributed by atoms with van der Waals surface area (Å²) in [4.78, 5) is 12.4. The van der Waals surface area contributed by atoms with Crippen molar-refractivity contribution in [3.63, 3.8) is 0 Å². The van der Waals surface area contributed by atoms with E-state index in [1.54, 1.807) is 12.1 Å². The molecule has 31 heavy (non-hydrogen) atoms. The van der Waals surface area contributed by atoms with Crippen LogP contribution in [0.2, 0.25) is 0 Å². The molecule has 0 aliphatic rings. The van der Waals surface area contributed by atoms with Gasteiger partial charge in [-0.3, -0.25) is 4.79 Å². The molecule has 2 aromatic carbocycles. The lowest BCUT2D eigenvalue weighted by molar-refractivity contribution is -0.137.